The van der Waals surface area contributed by atoms with E-state index in [1.54, 1.807) is 11.5 Å². The lowest BCUT2D eigenvalue weighted by Gasteiger charge is -2.45. The van der Waals surface area contributed by atoms with Crippen LogP contribution in [-0.4, -0.2) is 16.1 Å². The van der Waals surface area contributed by atoms with Crippen molar-refractivity contribution in [1.82, 2.24) is 4.57 Å². The zero-order valence-corrected chi connectivity index (χ0v) is 18.8. The Kier molecular flexibility index (Phi) is 4.52. The second kappa shape index (κ2) is 7.02. The van der Waals surface area contributed by atoms with Crippen LogP contribution in [0.1, 0.15) is 56.3 Å². The molecular formula is C25H24N2O3S. The van der Waals surface area contributed by atoms with E-state index in [1.807, 2.05) is 49.4 Å². The summed E-state index contributed by atoms with van der Waals surface area (Å²) in [5.74, 6) is 0.538. The second-order valence-electron chi connectivity index (χ2n) is 8.73. The van der Waals surface area contributed by atoms with Crippen molar-refractivity contribution in [3.8, 4) is 5.75 Å². The van der Waals surface area contributed by atoms with Gasteiger partial charge in [-0.25, -0.2) is 4.99 Å². The first kappa shape index (κ1) is 19.9. The lowest BCUT2D eigenvalue weighted by molar-refractivity contribution is -0.132. The molecule has 5 nitrogen and oxygen atoms in total. The number of aromatic nitrogens is 1. The largest absolute Gasteiger partial charge is 0.465 e. The van der Waals surface area contributed by atoms with Crippen LogP contribution in [0.15, 0.2) is 58.3 Å². The van der Waals surface area contributed by atoms with Crippen molar-refractivity contribution in [2.24, 2.45) is 10.9 Å². The summed E-state index contributed by atoms with van der Waals surface area (Å²) in [6, 6.07) is 15.4. The summed E-state index contributed by atoms with van der Waals surface area (Å²) in [7, 11) is 0. The van der Waals surface area contributed by atoms with E-state index < -0.39 is 17.7 Å². The highest BCUT2D eigenvalue weighted by Gasteiger charge is 2.53. The van der Waals surface area contributed by atoms with Crippen LogP contribution < -0.4 is 19.6 Å². The molecule has 6 heteroatoms. The summed E-state index contributed by atoms with van der Waals surface area (Å²) in [6.07, 6.45) is 1.90. The molecule has 158 valence electrons. The van der Waals surface area contributed by atoms with Crippen LogP contribution in [0, 0.1) is 5.92 Å². The molecule has 0 fully saturated rings. The maximum absolute atomic E-state index is 13.5. The average Bonchev–Trinajstić information content (AvgIpc) is 3.01. The summed E-state index contributed by atoms with van der Waals surface area (Å²) in [4.78, 5) is 31.5. The fourth-order valence-electron chi connectivity index (χ4n) is 4.68. The van der Waals surface area contributed by atoms with Crippen LogP contribution in [0.2, 0.25) is 0 Å². The van der Waals surface area contributed by atoms with Crippen LogP contribution in [0.25, 0.3) is 6.08 Å². The van der Waals surface area contributed by atoms with Gasteiger partial charge in [-0.15, -0.1) is 0 Å². The number of ether oxygens (including phenoxy) is 1. The van der Waals surface area contributed by atoms with Crippen LogP contribution in [-0.2, 0) is 4.79 Å². The summed E-state index contributed by atoms with van der Waals surface area (Å²) >= 11 is 1.35. The van der Waals surface area contributed by atoms with Gasteiger partial charge in [0.1, 0.15) is 17.5 Å². The topological polar surface area (TPSA) is 60.7 Å². The Morgan fingerprint density at radius 1 is 1.19 bits per heavy atom. The molecule has 0 radical (unpaired) electrons. The predicted octanol–water partition coefficient (Wildman–Crippen LogP) is 3.40. The molecule has 2 bridgehead atoms. The minimum Gasteiger partial charge on any atom is -0.465 e. The molecule has 0 aliphatic carbocycles. The number of para-hydroxylation sites is 1. The minimum atomic E-state index is -1.03. The van der Waals surface area contributed by atoms with Crippen molar-refractivity contribution in [2.45, 2.75) is 45.4 Å². The van der Waals surface area contributed by atoms with E-state index in [9.17, 15) is 9.59 Å². The van der Waals surface area contributed by atoms with E-state index in [0.717, 1.165) is 11.1 Å². The third-order valence-electron chi connectivity index (χ3n) is 6.22. The van der Waals surface area contributed by atoms with Gasteiger partial charge in [-0.1, -0.05) is 67.6 Å². The van der Waals surface area contributed by atoms with E-state index in [4.69, 9.17) is 9.73 Å². The van der Waals surface area contributed by atoms with Gasteiger partial charge in [0.05, 0.1) is 10.6 Å². The number of benzene rings is 2. The Morgan fingerprint density at radius 2 is 1.90 bits per heavy atom. The molecular weight excluding hydrogens is 408 g/mol. The maximum Gasteiger partial charge on any atom is 0.270 e. The van der Waals surface area contributed by atoms with Gasteiger partial charge in [0, 0.05) is 5.56 Å². The maximum atomic E-state index is 13.5. The van der Waals surface area contributed by atoms with Crippen LogP contribution >= 0.6 is 11.3 Å². The number of hydrogen-bond acceptors (Lipinski definition) is 5. The third-order valence-corrected chi connectivity index (χ3v) is 7.20. The van der Waals surface area contributed by atoms with Crippen LogP contribution in [0.3, 0.4) is 0 Å². The highest BCUT2D eigenvalue weighted by molar-refractivity contribution is 7.07. The number of thiazole rings is 1. The van der Waals surface area contributed by atoms with Gasteiger partial charge in [-0.2, -0.15) is 0 Å². The van der Waals surface area contributed by atoms with E-state index in [1.165, 1.54) is 16.9 Å². The van der Waals surface area contributed by atoms with Crippen LogP contribution in [0.5, 0.6) is 5.75 Å². The number of nitrogens with zero attached hydrogens (tertiary/aromatic N) is 2. The molecule has 0 unspecified atom stereocenters. The summed E-state index contributed by atoms with van der Waals surface area (Å²) in [5, 5.41) is 0. The first-order valence-electron chi connectivity index (χ1n) is 10.5. The Hall–Kier alpha value is -2.99. The molecule has 5 rings (SSSR count). The van der Waals surface area contributed by atoms with Crippen molar-refractivity contribution in [2.75, 3.05) is 0 Å². The lowest BCUT2D eigenvalue weighted by atomic mass is 9.79. The molecule has 0 spiro atoms. The first-order valence-corrected chi connectivity index (χ1v) is 11.3. The standard InChI is InChI=1S/C25H24N2O3S/c1-14(2)17-11-9-16(10-12-17)13-20-23(29)27-22-18-7-5-6-8-19(18)30-25(4,21(22)15(3)28)26-24(27)31-20/h5-14,21-22H,1-4H3/b20-13-/t21-,22+,25+/m0/s1. The van der Waals surface area contributed by atoms with Gasteiger partial charge >= 0.3 is 0 Å². The average molecular weight is 433 g/mol. The van der Waals surface area contributed by atoms with E-state index in [0.29, 0.717) is 21.0 Å². The van der Waals surface area contributed by atoms with Crippen LogP contribution in [0.4, 0.5) is 0 Å². The van der Waals surface area contributed by atoms with E-state index in [2.05, 4.69) is 26.0 Å². The molecule has 0 saturated carbocycles. The molecule has 3 atom stereocenters. The number of ketones is 1. The fraction of sp³-hybridized carbons (Fsp3) is 0.320. The molecule has 3 aromatic rings. The zero-order chi connectivity index (χ0) is 21.9. The molecule has 0 saturated heterocycles. The number of Topliss-reactive ketones (excluding diaryl/α,β-unsaturated/α-hetero) is 1. The normalized spacial score (nSPS) is 24.2. The number of carbonyl (C=O) groups is 1. The van der Waals surface area contributed by atoms with Crippen molar-refractivity contribution in [3.63, 3.8) is 0 Å². The van der Waals surface area contributed by atoms with Crippen molar-refractivity contribution in [3.05, 3.63) is 84.9 Å². The van der Waals surface area contributed by atoms with Gasteiger partial charge in [-0.05, 0) is 43.0 Å². The Balaban J connectivity index is 1.73. The molecule has 3 heterocycles. The monoisotopic (exact) mass is 432 g/mol. The van der Waals surface area contributed by atoms with E-state index >= 15 is 0 Å². The quantitative estimate of drug-likeness (QED) is 0.637. The minimum absolute atomic E-state index is 0.0377. The second-order valence-corrected chi connectivity index (χ2v) is 9.74. The molecule has 0 amide bonds. The Bertz CT molecular complexity index is 1370. The van der Waals surface area contributed by atoms with Gasteiger partial charge in [-0.3, -0.25) is 14.2 Å². The third kappa shape index (κ3) is 3.08. The summed E-state index contributed by atoms with van der Waals surface area (Å²) in [5.41, 5.74) is 1.93. The van der Waals surface area contributed by atoms with Crippen molar-refractivity contribution in [1.29, 1.82) is 0 Å². The number of fused-ring (bicyclic) bond motifs is 6. The number of carbonyl (C=O) groups excluding carboxylic acids is 1. The predicted molar refractivity (Wildman–Crippen MR) is 121 cm³/mol. The fourth-order valence-corrected chi connectivity index (χ4v) is 5.78. The van der Waals surface area contributed by atoms with Crippen molar-refractivity contribution >= 4 is 23.2 Å². The highest BCUT2D eigenvalue weighted by Crippen LogP contribution is 2.47. The number of rotatable bonds is 3. The molecule has 0 N–H and O–H groups in total. The Labute approximate surface area is 184 Å². The summed E-state index contributed by atoms with van der Waals surface area (Å²) < 4.78 is 8.51. The highest BCUT2D eigenvalue weighted by atomic mass is 32.1. The van der Waals surface area contributed by atoms with Gasteiger partial charge in [0.2, 0.25) is 5.72 Å². The smallest absolute Gasteiger partial charge is 0.270 e. The molecule has 2 aromatic carbocycles. The van der Waals surface area contributed by atoms with Gasteiger partial charge < -0.3 is 4.74 Å². The number of hydrogen-bond donors (Lipinski definition) is 0. The lowest BCUT2D eigenvalue weighted by Crippen LogP contribution is -2.58. The first-order chi connectivity index (χ1) is 14.8. The SMILES string of the molecule is CC(=O)[C@H]1[C@H]2c3ccccc3O[C@@]1(C)N=c1s/c(=C\c3ccc(C(C)C)cc3)c(=O)n12. The molecule has 31 heavy (non-hydrogen) atoms. The van der Waals surface area contributed by atoms with Crippen molar-refractivity contribution < 1.29 is 9.53 Å². The molecule has 2 aliphatic rings. The van der Waals surface area contributed by atoms with E-state index in [-0.39, 0.29) is 11.3 Å². The van der Waals surface area contributed by atoms with Gasteiger partial charge in [0.15, 0.2) is 4.80 Å². The zero-order valence-electron chi connectivity index (χ0n) is 18.0. The summed E-state index contributed by atoms with van der Waals surface area (Å²) in [6.45, 7) is 7.70. The Morgan fingerprint density at radius 3 is 2.58 bits per heavy atom. The van der Waals surface area contributed by atoms with Gasteiger partial charge in [0.25, 0.3) is 5.56 Å². The molecule has 2 aliphatic heterocycles. The molecule has 1 aromatic heterocycles.